The third-order valence-electron chi connectivity index (χ3n) is 3.73. The summed E-state index contributed by atoms with van der Waals surface area (Å²) in [6.45, 7) is 0. The van der Waals surface area contributed by atoms with E-state index in [0.717, 1.165) is 4.90 Å². The second-order valence-corrected chi connectivity index (χ2v) is 5.68. The number of halogens is 2. The second kappa shape index (κ2) is 6.49. The molecule has 0 unspecified atom stereocenters. The van der Waals surface area contributed by atoms with Crippen molar-refractivity contribution in [1.82, 2.24) is 0 Å². The molecule has 24 heavy (non-hydrogen) atoms. The van der Waals surface area contributed by atoms with E-state index in [2.05, 4.69) is 5.32 Å². The van der Waals surface area contributed by atoms with Crippen LogP contribution in [0.4, 0.5) is 15.8 Å². The number of carbonyl (C=O) groups excluding carboxylic acids is 2. The number of rotatable bonds is 4. The predicted octanol–water partition coefficient (Wildman–Crippen LogP) is 3.23. The first kappa shape index (κ1) is 16.3. The largest absolute Gasteiger partial charge is 0.495 e. The number of nitrogens with zero attached hydrogens (tertiary/aromatic N) is 1. The lowest BCUT2D eigenvalue weighted by Gasteiger charge is -2.17. The molecule has 0 saturated carbocycles. The van der Waals surface area contributed by atoms with Gasteiger partial charge in [0.05, 0.1) is 24.2 Å². The van der Waals surface area contributed by atoms with E-state index in [4.69, 9.17) is 16.3 Å². The predicted molar refractivity (Wildman–Crippen MR) is 88.9 cm³/mol. The summed E-state index contributed by atoms with van der Waals surface area (Å²) in [7, 11) is 1.50. The van der Waals surface area contributed by atoms with Crippen LogP contribution in [-0.4, -0.2) is 25.0 Å². The van der Waals surface area contributed by atoms with E-state index < -0.39 is 23.7 Å². The van der Waals surface area contributed by atoms with Gasteiger partial charge in [0, 0.05) is 5.69 Å². The lowest BCUT2D eigenvalue weighted by atomic mass is 10.2. The van der Waals surface area contributed by atoms with E-state index in [-0.39, 0.29) is 12.1 Å². The van der Waals surface area contributed by atoms with Gasteiger partial charge in [-0.05, 0) is 30.3 Å². The van der Waals surface area contributed by atoms with Crippen LogP contribution in [0.25, 0.3) is 0 Å². The molecule has 2 amide bonds. The standard InChI is InChI=1S/C17H14ClFN2O3/c1-24-15-7-6-10(8-11(15)18)20-13-9-16(22)21(17(13)23)14-5-3-2-4-12(14)19/h2-8,13,20H,9H2,1H3/t13-/m0/s1. The number of methoxy groups -OCH3 is 1. The summed E-state index contributed by atoms with van der Waals surface area (Å²) >= 11 is 6.05. The van der Waals surface area contributed by atoms with Gasteiger partial charge >= 0.3 is 0 Å². The third-order valence-corrected chi connectivity index (χ3v) is 4.03. The molecule has 1 fully saturated rings. The fourth-order valence-corrected chi connectivity index (χ4v) is 2.85. The minimum absolute atomic E-state index is 0.0374. The SMILES string of the molecule is COc1ccc(N[C@H]2CC(=O)N(c3ccccc3F)C2=O)cc1Cl. The molecule has 0 spiro atoms. The number of hydrogen-bond donors (Lipinski definition) is 1. The van der Waals surface area contributed by atoms with Crippen LogP contribution in [0.15, 0.2) is 42.5 Å². The second-order valence-electron chi connectivity index (χ2n) is 5.27. The Labute approximate surface area is 143 Å². The van der Waals surface area contributed by atoms with Crippen LogP contribution < -0.4 is 15.0 Å². The fraction of sp³-hybridized carbons (Fsp3) is 0.176. The summed E-state index contributed by atoms with van der Waals surface area (Å²) in [5.74, 6) is -1.07. The van der Waals surface area contributed by atoms with Gasteiger partial charge in [-0.3, -0.25) is 9.59 Å². The zero-order chi connectivity index (χ0) is 17.3. The summed E-state index contributed by atoms with van der Waals surface area (Å²) < 4.78 is 18.9. The molecule has 0 aromatic heterocycles. The van der Waals surface area contributed by atoms with Crippen molar-refractivity contribution >= 4 is 34.8 Å². The summed E-state index contributed by atoms with van der Waals surface area (Å²) in [5, 5.41) is 3.34. The number of nitrogens with one attached hydrogen (secondary N) is 1. The van der Waals surface area contributed by atoms with Crippen LogP contribution in [0.5, 0.6) is 5.75 Å². The molecule has 1 saturated heterocycles. The zero-order valence-electron chi connectivity index (χ0n) is 12.8. The first-order valence-corrected chi connectivity index (χ1v) is 7.60. The topological polar surface area (TPSA) is 58.6 Å². The highest BCUT2D eigenvalue weighted by molar-refractivity contribution is 6.32. The van der Waals surface area contributed by atoms with E-state index in [9.17, 15) is 14.0 Å². The number of hydrogen-bond acceptors (Lipinski definition) is 4. The lowest BCUT2D eigenvalue weighted by Crippen LogP contribution is -2.35. The van der Waals surface area contributed by atoms with Gasteiger partial charge < -0.3 is 10.1 Å². The highest BCUT2D eigenvalue weighted by atomic mass is 35.5. The molecule has 1 atom stereocenters. The van der Waals surface area contributed by atoms with Crippen molar-refractivity contribution in [1.29, 1.82) is 0 Å². The molecule has 5 nitrogen and oxygen atoms in total. The minimum Gasteiger partial charge on any atom is -0.495 e. The quantitative estimate of drug-likeness (QED) is 0.862. The molecule has 2 aromatic carbocycles. The lowest BCUT2D eigenvalue weighted by molar-refractivity contribution is -0.121. The van der Waals surface area contributed by atoms with Crippen molar-refractivity contribution in [2.24, 2.45) is 0 Å². The van der Waals surface area contributed by atoms with Crippen LogP contribution in [0.1, 0.15) is 6.42 Å². The van der Waals surface area contributed by atoms with Gasteiger partial charge in [0.25, 0.3) is 5.91 Å². The summed E-state index contributed by atoms with van der Waals surface area (Å²) in [6.07, 6.45) is -0.0587. The average Bonchev–Trinajstić information content (AvgIpc) is 2.82. The Morgan fingerprint density at radius 1 is 1.25 bits per heavy atom. The highest BCUT2D eigenvalue weighted by Gasteiger charge is 2.40. The summed E-state index contributed by atoms with van der Waals surface area (Å²) in [6, 6.07) is 9.85. The Morgan fingerprint density at radius 3 is 2.67 bits per heavy atom. The third kappa shape index (κ3) is 2.92. The van der Waals surface area contributed by atoms with Crippen LogP contribution in [0, 0.1) is 5.82 Å². The molecule has 0 aliphatic carbocycles. The van der Waals surface area contributed by atoms with E-state index in [0.29, 0.717) is 16.5 Å². The Bertz CT molecular complexity index is 812. The van der Waals surface area contributed by atoms with Gasteiger partial charge in [-0.1, -0.05) is 23.7 Å². The Hall–Kier alpha value is -2.60. The van der Waals surface area contributed by atoms with Crippen LogP contribution in [0.2, 0.25) is 5.02 Å². The number of carbonyl (C=O) groups is 2. The van der Waals surface area contributed by atoms with Gasteiger partial charge in [-0.25, -0.2) is 9.29 Å². The van der Waals surface area contributed by atoms with Crippen LogP contribution in [0.3, 0.4) is 0 Å². The van der Waals surface area contributed by atoms with Gasteiger partial charge in [0.15, 0.2) is 0 Å². The number of benzene rings is 2. The first-order valence-electron chi connectivity index (χ1n) is 7.22. The number of para-hydroxylation sites is 1. The molecule has 1 heterocycles. The van der Waals surface area contributed by atoms with Crippen LogP contribution in [-0.2, 0) is 9.59 Å². The summed E-state index contributed by atoms with van der Waals surface area (Å²) in [5.41, 5.74) is 0.534. The maximum atomic E-state index is 13.9. The normalized spacial score (nSPS) is 17.3. The van der Waals surface area contributed by atoms with E-state index in [1.807, 2.05) is 0 Å². The Kier molecular flexibility index (Phi) is 4.40. The van der Waals surface area contributed by atoms with Crippen molar-refractivity contribution in [3.05, 3.63) is 53.3 Å². The minimum atomic E-state index is -0.776. The van der Waals surface area contributed by atoms with Gasteiger partial charge in [0.2, 0.25) is 5.91 Å². The van der Waals surface area contributed by atoms with Crippen LogP contribution >= 0.6 is 11.6 Å². The molecular formula is C17H14ClFN2O3. The maximum absolute atomic E-state index is 13.9. The molecule has 124 valence electrons. The summed E-state index contributed by atoms with van der Waals surface area (Å²) in [4.78, 5) is 25.5. The molecule has 1 aliphatic heterocycles. The van der Waals surface area contributed by atoms with E-state index in [1.54, 1.807) is 24.3 Å². The molecule has 0 radical (unpaired) electrons. The van der Waals surface area contributed by atoms with Gasteiger partial charge in [-0.15, -0.1) is 0 Å². The molecule has 0 bridgehead atoms. The monoisotopic (exact) mass is 348 g/mol. The van der Waals surface area contributed by atoms with Gasteiger partial charge in [-0.2, -0.15) is 0 Å². The van der Waals surface area contributed by atoms with Crippen molar-refractivity contribution in [3.63, 3.8) is 0 Å². The zero-order valence-corrected chi connectivity index (χ0v) is 13.5. The van der Waals surface area contributed by atoms with Gasteiger partial charge in [0.1, 0.15) is 17.6 Å². The molecule has 1 aliphatic rings. The fourth-order valence-electron chi connectivity index (χ4n) is 2.59. The van der Waals surface area contributed by atoms with Crippen molar-refractivity contribution in [2.45, 2.75) is 12.5 Å². The molecule has 7 heteroatoms. The number of anilines is 2. The average molecular weight is 349 g/mol. The molecule has 2 aromatic rings. The number of amides is 2. The molecular weight excluding hydrogens is 335 g/mol. The number of imide groups is 1. The van der Waals surface area contributed by atoms with E-state index >= 15 is 0 Å². The van der Waals surface area contributed by atoms with Crippen molar-refractivity contribution in [3.8, 4) is 5.75 Å². The van der Waals surface area contributed by atoms with Crippen molar-refractivity contribution < 1.29 is 18.7 Å². The Morgan fingerprint density at radius 2 is 2.00 bits per heavy atom. The molecule has 3 rings (SSSR count). The van der Waals surface area contributed by atoms with E-state index in [1.165, 1.54) is 25.3 Å². The first-order chi connectivity index (χ1) is 11.5. The maximum Gasteiger partial charge on any atom is 0.256 e. The molecule has 1 N–H and O–H groups in total. The smallest absolute Gasteiger partial charge is 0.256 e. The number of ether oxygens (including phenoxy) is 1. The Balaban J connectivity index is 1.82. The van der Waals surface area contributed by atoms with Crippen molar-refractivity contribution in [2.75, 3.05) is 17.3 Å². The highest BCUT2D eigenvalue weighted by Crippen LogP contribution is 2.30.